The first kappa shape index (κ1) is 34.6. The molecule has 2 aliphatic rings. The molecule has 0 spiro atoms. The molecule has 0 saturated carbocycles. The van der Waals surface area contributed by atoms with Gasteiger partial charge in [-0.2, -0.15) is 5.10 Å². The predicted molar refractivity (Wildman–Crippen MR) is 195 cm³/mol. The van der Waals surface area contributed by atoms with Crippen molar-refractivity contribution >= 4 is 40.7 Å². The van der Waals surface area contributed by atoms with E-state index in [1.807, 2.05) is 42.2 Å². The topological polar surface area (TPSA) is 155 Å². The summed E-state index contributed by atoms with van der Waals surface area (Å²) in [5.41, 5.74) is 6.67. The van der Waals surface area contributed by atoms with Gasteiger partial charge in [0.15, 0.2) is 5.82 Å². The van der Waals surface area contributed by atoms with E-state index >= 15 is 0 Å². The number of aromatic amines is 1. The Morgan fingerprint density at radius 2 is 1.98 bits per heavy atom. The lowest BCUT2D eigenvalue weighted by molar-refractivity contribution is -0.119. The molecule has 0 aliphatic carbocycles. The number of nitrogens with zero attached hydrogens (tertiary/aromatic N) is 6. The Labute approximate surface area is 305 Å². The molecule has 0 radical (unpaired) electrons. The molecule has 4 N–H and O–H groups in total. The molecule has 1 fully saturated rings. The van der Waals surface area contributed by atoms with Crippen LogP contribution in [0.5, 0.6) is 5.88 Å². The first-order valence-corrected chi connectivity index (χ1v) is 17.6. The van der Waals surface area contributed by atoms with Crippen molar-refractivity contribution in [3.05, 3.63) is 93.4 Å². The lowest BCUT2D eigenvalue weighted by Crippen LogP contribution is -2.35. The molecule has 1 atom stereocenters. The first-order valence-electron chi connectivity index (χ1n) is 16.8. The number of ether oxygens (including phenoxy) is 1. The van der Waals surface area contributed by atoms with Gasteiger partial charge in [-0.15, -0.1) is 0 Å². The average molecular weight is 730 g/mol. The van der Waals surface area contributed by atoms with Crippen LogP contribution in [0.4, 0.5) is 5.69 Å². The van der Waals surface area contributed by atoms with E-state index in [-0.39, 0.29) is 17.9 Å². The van der Waals surface area contributed by atoms with Crippen LogP contribution >= 0.6 is 23.2 Å². The Hall–Kier alpha value is -4.82. The molecule has 0 bridgehead atoms. The summed E-state index contributed by atoms with van der Waals surface area (Å²) in [6, 6.07) is 11.1. The van der Waals surface area contributed by atoms with Gasteiger partial charge in [-0.25, -0.2) is 9.97 Å². The molecule has 6 heterocycles. The SMILES string of the molecule is COc1nc(-c2ccnc(-c3cccc(NC(=O)c4nc5c(n4C)CCN(CCc4cn[nH]c4)C5)c3Cl)c2Cl)ccc1CNC[C@H]1CCC(=O)N1. The number of amides is 2. The minimum atomic E-state index is -0.359. The molecule has 5 aromatic rings. The molecule has 1 saturated heterocycles. The first-order chi connectivity index (χ1) is 24.8. The zero-order chi connectivity index (χ0) is 35.5. The highest BCUT2D eigenvalue weighted by molar-refractivity contribution is 6.39. The predicted octanol–water partition coefficient (Wildman–Crippen LogP) is 4.80. The molecule has 13 nitrogen and oxygen atoms in total. The van der Waals surface area contributed by atoms with Crippen LogP contribution in [0.25, 0.3) is 22.5 Å². The number of H-pyrrole nitrogens is 1. The van der Waals surface area contributed by atoms with Gasteiger partial charge in [0.1, 0.15) is 0 Å². The number of rotatable bonds is 12. The molecule has 264 valence electrons. The molecule has 7 rings (SSSR count). The molecule has 1 aromatic carbocycles. The summed E-state index contributed by atoms with van der Waals surface area (Å²) in [5, 5.41) is 16.8. The van der Waals surface area contributed by atoms with Crippen molar-refractivity contribution in [1.82, 2.24) is 45.2 Å². The Morgan fingerprint density at radius 3 is 2.76 bits per heavy atom. The second-order valence-corrected chi connectivity index (χ2v) is 13.5. The second-order valence-electron chi connectivity index (χ2n) is 12.7. The van der Waals surface area contributed by atoms with Crippen molar-refractivity contribution in [3.63, 3.8) is 0 Å². The molecule has 15 heteroatoms. The average Bonchev–Trinajstić information content (AvgIpc) is 3.89. The summed E-state index contributed by atoms with van der Waals surface area (Å²) in [6.07, 6.45) is 8.48. The molecule has 51 heavy (non-hydrogen) atoms. The van der Waals surface area contributed by atoms with Crippen molar-refractivity contribution in [2.24, 2.45) is 7.05 Å². The van der Waals surface area contributed by atoms with Gasteiger partial charge in [0, 0.05) is 93.4 Å². The van der Waals surface area contributed by atoms with E-state index in [2.05, 4.69) is 36.0 Å². The Morgan fingerprint density at radius 1 is 1.10 bits per heavy atom. The fourth-order valence-electron chi connectivity index (χ4n) is 6.64. The van der Waals surface area contributed by atoms with Crippen molar-refractivity contribution in [2.75, 3.05) is 32.1 Å². The number of carbonyl (C=O) groups is 2. The normalized spacial score (nSPS) is 15.8. The van der Waals surface area contributed by atoms with Crippen LogP contribution in [-0.4, -0.2) is 79.2 Å². The number of pyridine rings is 2. The maximum atomic E-state index is 13.6. The summed E-state index contributed by atoms with van der Waals surface area (Å²) in [5.74, 6) is 0.512. The molecular formula is C36H38Cl2N10O3. The number of imidazole rings is 1. The third-order valence-electron chi connectivity index (χ3n) is 9.40. The summed E-state index contributed by atoms with van der Waals surface area (Å²) < 4.78 is 7.49. The van der Waals surface area contributed by atoms with Gasteiger partial charge < -0.3 is 25.3 Å². The van der Waals surface area contributed by atoms with Gasteiger partial charge in [0.2, 0.25) is 11.8 Å². The van der Waals surface area contributed by atoms with Crippen molar-refractivity contribution in [2.45, 2.75) is 44.8 Å². The van der Waals surface area contributed by atoms with Gasteiger partial charge in [0.25, 0.3) is 5.91 Å². The summed E-state index contributed by atoms with van der Waals surface area (Å²) in [7, 11) is 3.45. The van der Waals surface area contributed by atoms with Gasteiger partial charge in [-0.3, -0.25) is 24.6 Å². The number of methoxy groups -OCH3 is 1. The largest absolute Gasteiger partial charge is 0.481 e. The van der Waals surface area contributed by atoms with E-state index in [1.165, 1.54) is 0 Å². The van der Waals surface area contributed by atoms with Crippen molar-refractivity contribution in [1.29, 1.82) is 0 Å². The number of anilines is 1. The summed E-state index contributed by atoms with van der Waals surface area (Å²) >= 11 is 13.9. The number of hydrogen-bond donors (Lipinski definition) is 4. The zero-order valence-corrected chi connectivity index (χ0v) is 29.8. The van der Waals surface area contributed by atoms with E-state index in [4.69, 9.17) is 37.9 Å². The van der Waals surface area contributed by atoms with Crippen LogP contribution in [-0.2, 0) is 37.8 Å². The maximum absolute atomic E-state index is 13.6. The minimum Gasteiger partial charge on any atom is -0.481 e. The Kier molecular flexibility index (Phi) is 10.3. The number of nitrogens with one attached hydrogen (secondary N) is 4. The van der Waals surface area contributed by atoms with Crippen LogP contribution in [0.2, 0.25) is 10.0 Å². The summed E-state index contributed by atoms with van der Waals surface area (Å²) in [4.78, 5) is 41.5. The molecular weight excluding hydrogens is 691 g/mol. The quantitative estimate of drug-likeness (QED) is 0.142. The highest BCUT2D eigenvalue weighted by Crippen LogP contribution is 2.40. The number of fused-ring (bicyclic) bond motifs is 1. The highest BCUT2D eigenvalue weighted by atomic mass is 35.5. The van der Waals surface area contributed by atoms with E-state index in [1.54, 1.807) is 31.5 Å². The van der Waals surface area contributed by atoms with Gasteiger partial charge in [-0.05, 0) is 36.6 Å². The van der Waals surface area contributed by atoms with Gasteiger partial charge in [-0.1, -0.05) is 41.4 Å². The minimum absolute atomic E-state index is 0.0878. The van der Waals surface area contributed by atoms with E-state index in [0.717, 1.165) is 54.9 Å². The smallest absolute Gasteiger partial charge is 0.291 e. The zero-order valence-electron chi connectivity index (χ0n) is 28.3. The van der Waals surface area contributed by atoms with Crippen LogP contribution < -0.4 is 20.7 Å². The molecule has 0 unspecified atom stereocenters. The number of carbonyl (C=O) groups excluding carboxylic acids is 2. The van der Waals surface area contributed by atoms with Crippen LogP contribution in [0.15, 0.2) is 55.0 Å². The fourth-order valence-corrected chi connectivity index (χ4v) is 7.21. The van der Waals surface area contributed by atoms with Gasteiger partial charge >= 0.3 is 0 Å². The number of halogens is 2. The number of aromatic nitrogens is 6. The molecule has 2 aliphatic heterocycles. The molecule has 4 aromatic heterocycles. The molecule has 2 amide bonds. The van der Waals surface area contributed by atoms with Crippen LogP contribution in [0, 0.1) is 0 Å². The standard InChI is InChI=1S/C36H38Cl2N10O3/c1-47-29-12-15-48(14-11-21-16-41-42-17-21)20-28(29)44-34(47)35(50)45-27-5-3-4-25(31(27)37)33-32(38)24(10-13-40-33)26-8-6-22(36(46-26)51-2)18-39-19-23-7-9-30(49)43-23/h3-6,8,10,13,16-17,23,39H,7,9,11-12,14-15,18-20H2,1-2H3,(H,41,42)(H,43,49)(H,45,50)/t23-/m1/s1. The number of hydrogen-bond acceptors (Lipinski definition) is 9. The monoisotopic (exact) mass is 728 g/mol. The maximum Gasteiger partial charge on any atom is 0.291 e. The van der Waals surface area contributed by atoms with Crippen LogP contribution in [0.1, 0.15) is 46.0 Å². The van der Waals surface area contributed by atoms with Gasteiger partial charge in [0.05, 0.1) is 46.1 Å². The van der Waals surface area contributed by atoms with E-state index in [0.29, 0.717) is 76.0 Å². The van der Waals surface area contributed by atoms with E-state index in [9.17, 15) is 9.59 Å². The van der Waals surface area contributed by atoms with E-state index < -0.39 is 0 Å². The number of benzene rings is 1. The lowest BCUT2D eigenvalue weighted by atomic mass is 10.1. The third-order valence-corrected chi connectivity index (χ3v) is 10.2. The Bertz CT molecular complexity index is 2070. The lowest BCUT2D eigenvalue weighted by Gasteiger charge is -2.26. The Balaban J connectivity index is 1.06. The van der Waals surface area contributed by atoms with Crippen molar-refractivity contribution < 1.29 is 14.3 Å². The summed E-state index contributed by atoms with van der Waals surface area (Å²) in [6.45, 7) is 3.63. The van der Waals surface area contributed by atoms with Crippen molar-refractivity contribution in [3.8, 4) is 28.4 Å². The highest BCUT2D eigenvalue weighted by Gasteiger charge is 2.26. The fraction of sp³-hybridized carbons (Fsp3) is 0.333. The van der Waals surface area contributed by atoms with Crippen LogP contribution in [0.3, 0.4) is 0 Å². The second kappa shape index (κ2) is 15.2. The third kappa shape index (κ3) is 7.47.